The van der Waals surface area contributed by atoms with Gasteiger partial charge < -0.3 is 10.6 Å². The molecular weight excluding hydrogens is 298 g/mol. The van der Waals surface area contributed by atoms with Crippen LogP contribution in [0.5, 0.6) is 0 Å². The molecule has 1 saturated heterocycles. The van der Waals surface area contributed by atoms with E-state index in [1.54, 1.807) is 0 Å². The van der Waals surface area contributed by atoms with E-state index < -0.39 is 0 Å². The van der Waals surface area contributed by atoms with Gasteiger partial charge in [-0.15, -0.1) is 0 Å². The number of hydrogen-bond donors (Lipinski definition) is 2. The highest BCUT2D eigenvalue weighted by Gasteiger charge is 2.20. The topological polar surface area (TPSA) is 52.6 Å². The molecule has 0 radical (unpaired) electrons. The van der Waals surface area contributed by atoms with Crippen molar-refractivity contribution in [2.75, 3.05) is 26.7 Å². The molecule has 1 fully saturated rings. The van der Waals surface area contributed by atoms with Crippen molar-refractivity contribution < 1.29 is 0 Å². The van der Waals surface area contributed by atoms with E-state index in [4.69, 9.17) is 0 Å². The Morgan fingerprint density at radius 2 is 2.04 bits per heavy atom. The van der Waals surface area contributed by atoms with Crippen molar-refractivity contribution in [3.8, 4) is 0 Å². The molecule has 0 saturated carbocycles. The number of guanidine groups is 1. The number of aliphatic imine (C=N–C) groups is 1. The van der Waals surface area contributed by atoms with Crippen LogP contribution in [-0.2, 0) is 6.54 Å². The molecule has 1 aromatic heterocycles. The summed E-state index contributed by atoms with van der Waals surface area (Å²) in [7, 11) is 1.86. The third-order valence-electron chi connectivity index (χ3n) is 4.98. The highest BCUT2D eigenvalue weighted by Crippen LogP contribution is 2.13. The fraction of sp³-hybridized carbons (Fsp3) is 0.684. The van der Waals surface area contributed by atoms with Gasteiger partial charge >= 0.3 is 0 Å². The Balaban J connectivity index is 1.71. The molecule has 0 aliphatic carbocycles. The van der Waals surface area contributed by atoms with Gasteiger partial charge in [-0.2, -0.15) is 0 Å². The molecule has 24 heavy (non-hydrogen) atoms. The quantitative estimate of drug-likeness (QED) is 0.596. The van der Waals surface area contributed by atoms with Crippen LogP contribution < -0.4 is 10.6 Å². The molecule has 134 valence electrons. The largest absolute Gasteiger partial charge is 0.356 e. The molecule has 2 rings (SSSR count). The zero-order valence-electron chi connectivity index (χ0n) is 15.5. The normalized spacial score (nSPS) is 17.2. The summed E-state index contributed by atoms with van der Waals surface area (Å²) in [6, 6.07) is 6.65. The molecule has 5 heteroatoms. The minimum absolute atomic E-state index is 0.512. The minimum atomic E-state index is 0.512. The summed E-state index contributed by atoms with van der Waals surface area (Å²) >= 11 is 0. The van der Waals surface area contributed by atoms with Crippen LogP contribution in [0.1, 0.15) is 45.2 Å². The van der Waals surface area contributed by atoms with E-state index >= 15 is 0 Å². The van der Waals surface area contributed by atoms with Crippen molar-refractivity contribution in [3.63, 3.8) is 0 Å². The van der Waals surface area contributed by atoms with E-state index in [1.807, 2.05) is 19.3 Å². The molecule has 5 nitrogen and oxygen atoms in total. The van der Waals surface area contributed by atoms with Gasteiger partial charge in [0, 0.05) is 45.5 Å². The van der Waals surface area contributed by atoms with Crippen LogP contribution in [0, 0.1) is 5.92 Å². The Hall–Kier alpha value is -1.62. The first-order valence-corrected chi connectivity index (χ1v) is 9.34. The Morgan fingerprint density at radius 1 is 1.29 bits per heavy atom. The molecule has 0 aromatic carbocycles. The standard InChI is InChI=1S/C19H33N5/c1-4-16(5-2)14-22-19(20-3)23-17-9-12-24(13-10-17)15-18-8-6-7-11-21-18/h6-8,11,16-17H,4-5,9-10,12-15H2,1-3H3,(H2,20,22,23). The second kappa shape index (κ2) is 10.3. The van der Waals surface area contributed by atoms with Gasteiger partial charge in [0.05, 0.1) is 5.69 Å². The maximum atomic E-state index is 4.42. The van der Waals surface area contributed by atoms with Gasteiger partial charge in [0.15, 0.2) is 5.96 Å². The highest BCUT2D eigenvalue weighted by molar-refractivity contribution is 5.79. The molecule has 0 spiro atoms. The van der Waals surface area contributed by atoms with E-state index in [9.17, 15) is 0 Å². The number of pyridine rings is 1. The lowest BCUT2D eigenvalue weighted by atomic mass is 10.0. The van der Waals surface area contributed by atoms with Crippen LogP contribution in [0.4, 0.5) is 0 Å². The Bertz CT molecular complexity index is 476. The van der Waals surface area contributed by atoms with Gasteiger partial charge in [-0.25, -0.2) is 0 Å². The van der Waals surface area contributed by atoms with Gasteiger partial charge in [-0.05, 0) is 30.9 Å². The van der Waals surface area contributed by atoms with Gasteiger partial charge in [0.2, 0.25) is 0 Å². The molecule has 0 bridgehead atoms. The third kappa shape index (κ3) is 6.11. The minimum Gasteiger partial charge on any atom is -0.356 e. The first-order chi connectivity index (χ1) is 11.7. The Labute approximate surface area is 147 Å². The molecular formula is C19H33N5. The predicted molar refractivity (Wildman–Crippen MR) is 101 cm³/mol. The maximum absolute atomic E-state index is 4.42. The summed E-state index contributed by atoms with van der Waals surface area (Å²) in [4.78, 5) is 11.3. The average Bonchev–Trinajstić information content (AvgIpc) is 2.64. The van der Waals surface area contributed by atoms with Gasteiger partial charge in [0.25, 0.3) is 0 Å². The number of aromatic nitrogens is 1. The average molecular weight is 332 g/mol. The zero-order chi connectivity index (χ0) is 17.2. The van der Waals surface area contributed by atoms with E-state index in [1.165, 1.54) is 12.8 Å². The summed E-state index contributed by atoms with van der Waals surface area (Å²) in [6.45, 7) is 8.68. The van der Waals surface area contributed by atoms with E-state index in [0.717, 1.165) is 56.6 Å². The maximum Gasteiger partial charge on any atom is 0.191 e. The molecule has 2 heterocycles. The molecule has 1 aromatic rings. The number of piperidine rings is 1. The fourth-order valence-electron chi connectivity index (χ4n) is 3.16. The smallest absolute Gasteiger partial charge is 0.191 e. The van der Waals surface area contributed by atoms with Crippen molar-refractivity contribution in [3.05, 3.63) is 30.1 Å². The van der Waals surface area contributed by atoms with Crippen LogP contribution in [0.15, 0.2) is 29.4 Å². The van der Waals surface area contributed by atoms with Crippen LogP contribution in [-0.4, -0.2) is 48.6 Å². The van der Waals surface area contributed by atoms with Crippen molar-refractivity contribution in [1.29, 1.82) is 0 Å². The zero-order valence-corrected chi connectivity index (χ0v) is 15.5. The molecule has 0 atom stereocenters. The van der Waals surface area contributed by atoms with Gasteiger partial charge in [-0.1, -0.05) is 32.8 Å². The number of hydrogen-bond acceptors (Lipinski definition) is 3. The summed E-state index contributed by atoms with van der Waals surface area (Å²) in [5.41, 5.74) is 1.16. The van der Waals surface area contributed by atoms with Crippen LogP contribution in [0.2, 0.25) is 0 Å². The molecule has 0 unspecified atom stereocenters. The van der Waals surface area contributed by atoms with Crippen LogP contribution in [0.25, 0.3) is 0 Å². The van der Waals surface area contributed by atoms with E-state index in [0.29, 0.717) is 6.04 Å². The lowest BCUT2D eigenvalue weighted by Gasteiger charge is -2.33. The van der Waals surface area contributed by atoms with Crippen LogP contribution >= 0.6 is 0 Å². The van der Waals surface area contributed by atoms with E-state index in [2.05, 4.69) is 51.5 Å². The molecule has 2 N–H and O–H groups in total. The van der Waals surface area contributed by atoms with Gasteiger partial charge in [-0.3, -0.25) is 14.9 Å². The summed E-state index contributed by atoms with van der Waals surface area (Å²) in [6.07, 6.45) is 6.61. The third-order valence-corrected chi connectivity index (χ3v) is 4.98. The molecule has 0 amide bonds. The van der Waals surface area contributed by atoms with Crippen molar-refractivity contribution in [1.82, 2.24) is 20.5 Å². The van der Waals surface area contributed by atoms with Gasteiger partial charge in [0.1, 0.15) is 0 Å². The van der Waals surface area contributed by atoms with Crippen molar-refractivity contribution in [2.24, 2.45) is 10.9 Å². The van der Waals surface area contributed by atoms with Crippen molar-refractivity contribution >= 4 is 5.96 Å². The first-order valence-electron chi connectivity index (χ1n) is 9.34. The molecule has 1 aliphatic heterocycles. The first kappa shape index (κ1) is 18.7. The summed E-state index contributed by atoms with van der Waals surface area (Å²) in [5, 5.41) is 7.08. The summed E-state index contributed by atoms with van der Waals surface area (Å²) in [5.74, 6) is 1.67. The van der Waals surface area contributed by atoms with Crippen molar-refractivity contribution in [2.45, 2.75) is 52.1 Å². The fourth-order valence-corrected chi connectivity index (χ4v) is 3.16. The van der Waals surface area contributed by atoms with Crippen LogP contribution in [0.3, 0.4) is 0 Å². The SMILES string of the molecule is CCC(CC)CNC(=NC)NC1CCN(Cc2ccccn2)CC1. The molecule has 1 aliphatic rings. The number of nitrogens with zero attached hydrogens (tertiary/aromatic N) is 3. The Kier molecular flexibility index (Phi) is 8.02. The number of likely N-dealkylation sites (tertiary alicyclic amines) is 1. The number of rotatable bonds is 7. The highest BCUT2D eigenvalue weighted by atomic mass is 15.2. The monoisotopic (exact) mass is 331 g/mol. The predicted octanol–water partition coefficient (Wildman–Crippen LogP) is 2.65. The lowest BCUT2D eigenvalue weighted by Crippen LogP contribution is -2.49. The Morgan fingerprint density at radius 3 is 2.62 bits per heavy atom. The summed E-state index contributed by atoms with van der Waals surface area (Å²) < 4.78 is 0. The number of nitrogens with one attached hydrogen (secondary N) is 2. The lowest BCUT2D eigenvalue weighted by molar-refractivity contribution is 0.196. The second-order valence-electron chi connectivity index (χ2n) is 6.65. The second-order valence-corrected chi connectivity index (χ2v) is 6.65. The van der Waals surface area contributed by atoms with E-state index in [-0.39, 0.29) is 0 Å².